The Labute approximate surface area is 168 Å². The zero-order valence-electron chi connectivity index (χ0n) is 16.8. The number of benzene rings is 1. The zero-order valence-corrected chi connectivity index (χ0v) is 17.6. The maximum absolute atomic E-state index is 12.9. The third-order valence-corrected chi connectivity index (χ3v) is 7.29. The topological polar surface area (TPSA) is 80.2 Å². The molecule has 1 amide bonds. The average molecular weight is 411 g/mol. The molecule has 2 aliphatic heterocycles. The molecule has 2 atom stereocenters. The standard InChI is InChI=1S/C20H31N3O4S/c1-16-14-23(15-17(2)27-16)28(25,26)19-8-6-18(7-9-19)20(24)21-10-5-13-22-11-3-4-12-22/h6-9,16-17H,3-5,10-15H2,1-2H3,(H,21,24)/p+1/t16-,17-/m1/s1. The number of ether oxygens (including phenoxy) is 1. The Morgan fingerprint density at radius 1 is 1.14 bits per heavy atom. The molecule has 0 bridgehead atoms. The summed E-state index contributed by atoms with van der Waals surface area (Å²) in [4.78, 5) is 14.1. The number of rotatable bonds is 7. The smallest absolute Gasteiger partial charge is 0.251 e. The van der Waals surface area contributed by atoms with Crippen LogP contribution in [0, 0.1) is 0 Å². The van der Waals surface area contributed by atoms with E-state index in [4.69, 9.17) is 4.74 Å². The van der Waals surface area contributed by atoms with Gasteiger partial charge in [-0.05, 0) is 38.1 Å². The van der Waals surface area contributed by atoms with Crippen molar-refractivity contribution in [3.63, 3.8) is 0 Å². The third kappa shape index (κ3) is 5.31. The number of carbonyl (C=O) groups is 1. The fourth-order valence-corrected chi connectivity index (χ4v) is 5.61. The molecule has 0 saturated carbocycles. The number of nitrogens with zero attached hydrogens (tertiary/aromatic N) is 1. The van der Waals surface area contributed by atoms with Gasteiger partial charge in [0.1, 0.15) is 0 Å². The van der Waals surface area contributed by atoms with E-state index in [1.54, 1.807) is 17.0 Å². The Morgan fingerprint density at radius 3 is 2.36 bits per heavy atom. The lowest BCUT2D eigenvalue weighted by molar-refractivity contribution is -0.887. The van der Waals surface area contributed by atoms with Gasteiger partial charge in [0.05, 0.1) is 36.7 Å². The molecule has 0 aliphatic carbocycles. The van der Waals surface area contributed by atoms with Crippen LogP contribution in [-0.2, 0) is 14.8 Å². The predicted molar refractivity (Wildman–Crippen MR) is 107 cm³/mol. The highest BCUT2D eigenvalue weighted by Crippen LogP contribution is 2.21. The van der Waals surface area contributed by atoms with Crippen molar-refractivity contribution in [2.75, 3.05) is 39.3 Å². The van der Waals surface area contributed by atoms with Gasteiger partial charge >= 0.3 is 0 Å². The Bertz CT molecular complexity index is 750. The Hall–Kier alpha value is -1.48. The Balaban J connectivity index is 1.54. The van der Waals surface area contributed by atoms with Crippen LogP contribution in [-0.4, -0.2) is 70.1 Å². The summed E-state index contributed by atoms with van der Waals surface area (Å²) in [6, 6.07) is 6.20. The minimum atomic E-state index is -3.58. The molecule has 0 unspecified atom stereocenters. The van der Waals surface area contributed by atoms with E-state index in [1.165, 1.54) is 42.4 Å². The van der Waals surface area contributed by atoms with Gasteiger partial charge in [-0.25, -0.2) is 8.42 Å². The quantitative estimate of drug-likeness (QED) is 0.633. The summed E-state index contributed by atoms with van der Waals surface area (Å²) in [6.07, 6.45) is 3.30. The number of carbonyl (C=O) groups excluding carboxylic acids is 1. The summed E-state index contributed by atoms with van der Waals surface area (Å²) in [5, 5.41) is 2.93. The minimum absolute atomic E-state index is 0.133. The highest BCUT2D eigenvalue weighted by atomic mass is 32.2. The van der Waals surface area contributed by atoms with Crippen LogP contribution in [0.2, 0.25) is 0 Å². The van der Waals surface area contributed by atoms with Gasteiger partial charge in [0, 0.05) is 44.5 Å². The van der Waals surface area contributed by atoms with Crippen molar-refractivity contribution in [2.45, 2.75) is 50.2 Å². The average Bonchev–Trinajstić information content (AvgIpc) is 3.18. The second kappa shape index (κ2) is 9.35. The van der Waals surface area contributed by atoms with E-state index in [-0.39, 0.29) is 23.0 Å². The van der Waals surface area contributed by atoms with Crippen LogP contribution in [0.3, 0.4) is 0 Å². The van der Waals surface area contributed by atoms with Gasteiger partial charge in [0.25, 0.3) is 5.91 Å². The predicted octanol–water partition coefficient (Wildman–Crippen LogP) is 0.283. The fourth-order valence-electron chi connectivity index (χ4n) is 4.02. The first-order chi connectivity index (χ1) is 13.4. The van der Waals surface area contributed by atoms with Crippen molar-refractivity contribution in [1.82, 2.24) is 9.62 Å². The highest BCUT2D eigenvalue weighted by Gasteiger charge is 2.32. The summed E-state index contributed by atoms with van der Waals surface area (Å²) in [7, 11) is -3.58. The summed E-state index contributed by atoms with van der Waals surface area (Å²) in [5.41, 5.74) is 0.483. The highest BCUT2D eigenvalue weighted by molar-refractivity contribution is 7.89. The molecular weight excluding hydrogens is 378 g/mol. The maximum atomic E-state index is 12.9. The van der Waals surface area contributed by atoms with Crippen LogP contribution in [0.4, 0.5) is 0 Å². The SMILES string of the molecule is C[C@@H]1CN(S(=O)(=O)c2ccc(C(=O)NCCC[NH+]3CCCC3)cc2)C[C@@H](C)O1. The van der Waals surface area contributed by atoms with Crippen molar-refractivity contribution in [3.8, 4) is 0 Å². The molecule has 28 heavy (non-hydrogen) atoms. The lowest BCUT2D eigenvalue weighted by Gasteiger charge is -2.34. The van der Waals surface area contributed by atoms with E-state index in [9.17, 15) is 13.2 Å². The maximum Gasteiger partial charge on any atom is 0.251 e. The molecule has 2 aliphatic rings. The van der Waals surface area contributed by atoms with Gasteiger partial charge in [-0.15, -0.1) is 0 Å². The van der Waals surface area contributed by atoms with E-state index in [0.717, 1.165) is 13.0 Å². The molecule has 8 heteroatoms. The van der Waals surface area contributed by atoms with Crippen LogP contribution in [0.1, 0.15) is 43.5 Å². The summed E-state index contributed by atoms with van der Waals surface area (Å²) < 4.78 is 32.8. The normalized spacial score (nSPS) is 24.4. The number of amides is 1. The second-order valence-electron chi connectivity index (χ2n) is 7.92. The number of hydrogen-bond donors (Lipinski definition) is 2. The molecule has 1 aromatic rings. The number of quaternary nitrogens is 1. The molecule has 0 radical (unpaired) electrons. The fraction of sp³-hybridized carbons (Fsp3) is 0.650. The van der Waals surface area contributed by atoms with Crippen LogP contribution < -0.4 is 10.2 Å². The summed E-state index contributed by atoms with van der Waals surface area (Å²) >= 11 is 0. The second-order valence-corrected chi connectivity index (χ2v) is 9.86. The van der Waals surface area contributed by atoms with Crippen molar-refractivity contribution < 1.29 is 22.8 Å². The van der Waals surface area contributed by atoms with Crippen LogP contribution in [0.25, 0.3) is 0 Å². The Morgan fingerprint density at radius 2 is 1.75 bits per heavy atom. The third-order valence-electron chi connectivity index (χ3n) is 5.44. The van der Waals surface area contributed by atoms with E-state index in [0.29, 0.717) is 25.2 Å². The zero-order chi connectivity index (χ0) is 20.1. The van der Waals surface area contributed by atoms with Crippen LogP contribution in [0.5, 0.6) is 0 Å². The molecule has 2 fully saturated rings. The molecule has 2 N–H and O–H groups in total. The Kier molecular flexibility index (Phi) is 7.09. The van der Waals surface area contributed by atoms with Gasteiger partial charge in [-0.3, -0.25) is 4.79 Å². The number of likely N-dealkylation sites (tertiary alicyclic amines) is 1. The molecule has 3 rings (SSSR count). The van der Waals surface area contributed by atoms with Gasteiger partial charge in [-0.2, -0.15) is 4.31 Å². The van der Waals surface area contributed by atoms with Crippen molar-refractivity contribution in [1.29, 1.82) is 0 Å². The van der Waals surface area contributed by atoms with Gasteiger partial charge in [0.15, 0.2) is 0 Å². The number of nitrogens with one attached hydrogen (secondary N) is 2. The number of sulfonamides is 1. The molecule has 7 nitrogen and oxygen atoms in total. The first-order valence-corrected chi connectivity index (χ1v) is 11.7. The number of morpholine rings is 1. The van der Waals surface area contributed by atoms with E-state index in [1.807, 2.05) is 13.8 Å². The first kappa shape index (κ1) is 21.2. The van der Waals surface area contributed by atoms with Crippen molar-refractivity contribution in [3.05, 3.63) is 29.8 Å². The van der Waals surface area contributed by atoms with E-state index < -0.39 is 10.0 Å². The molecular formula is C20H32N3O4S+. The van der Waals surface area contributed by atoms with Crippen LogP contribution >= 0.6 is 0 Å². The molecule has 2 heterocycles. The summed E-state index contributed by atoms with van der Waals surface area (Å²) in [6.45, 7) is 8.64. The molecule has 0 aromatic heterocycles. The first-order valence-electron chi connectivity index (χ1n) is 10.2. The summed E-state index contributed by atoms with van der Waals surface area (Å²) in [5.74, 6) is -0.158. The molecule has 0 spiro atoms. The number of hydrogen-bond acceptors (Lipinski definition) is 4. The lowest BCUT2D eigenvalue weighted by atomic mass is 10.2. The monoisotopic (exact) mass is 410 g/mol. The van der Waals surface area contributed by atoms with E-state index >= 15 is 0 Å². The van der Waals surface area contributed by atoms with E-state index in [2.05, 4.69) is 5.32 Å². The van der Waals surface area contributed by atoms with Crippen LogP contribution in [0.15, 0.2) is 29.2 Å². The van der Waals surface area contributed by atoms with Crippen molar-refractivity contribution >= 4 is 15.9 Å². The van der Waals surface area contributed by atoms with Crippen molar-refractivity contribution in [2.24, 2.45) is 0 Å². The minimum Gasteiger partial charge on any atom is -0.373 e. The van der Waals surface area contributed by atoms with Gasteiger partial charge in [-0.1, -0.05) is 0 Å². The largest absolute Gasteiger partial charge is 0.373 e. The van der Waals surface area contributed by atoms with Gasteiger partial charge < -0.3 is 15.0 Å². The molecule has 1 aromatic carbocycles. The van der Waals surface area contributed by atoms with Gasteiger partial charge in [0.2, 0.25) is 10.0 Å². The molecule has 2 saturated heterocycles. The lowest BCUT2D eigenvalue weighted by Crippen LogP contribution is -3.10. The molecule has 156 valence electrons.